The fourth-order valence-corrected chi connectivity index (χ4v) is 4.02. The standard InChI is InChI=1S/C21H28FN5O3S.2ClH/c1-25(2)10-6-11-26(3)21(29)30-17-14-16(22)8-7-15(17)13-18-19(28)24-20(31-18)27-12-5-4-9-23-27;;/h7-8,13-14,23H,4-6,9-12H2,1-3H3;2*1H/b18-13+;;. The Morgan fingerprint density at radius 3 is 2.70 bits per heavy atom. The molecule has 0 aromatic heterocycles. The SMILES string of the molecule is CN(C)CCCN(C)C(=O)Oc1cc(F)ccc1/C=C1/SC(N2CCCCN2)=NC1=O.Cl.Cl. The van der Waals surface area contributed by atoms with E-state index in [1.165, 1.54) is 28.8 Å². The van der Waals surface area contributed by atoms with Gasteiger partial charge in [-0.15, -0.1) is 24.8 Å². The second-order valence-electron chi connectivity index (χ2n) is 7.71. The summed E-state index contributed by atoms with van der Waals surface area (Å²) in [6, 6.07) is 3.90. The molecule has 33 heavy (non-hydrogen) atoms. The highest BCUT2D eigenvalue weighted by molar-refractivity contribution is 8.18. The zero-order chi connectivity index (χ0) is 22.4. The largest absolute Gasteiger partial charge is 0.414 e. The Kier molecular flexibility index (Phi) is 12.2. The first-order valence-electron chi connectivity index (χ1n) is 10.2. The quantitative estimate of drug-likeness (QED) is 0.572. The molecule has 0 radical (unpaired) electrons. The van der Waals surface area contributed by atoms with Gasteiger partial charge in [-0.1, -0.05) is 0 Å². The van der Waals surface area contributed by atoms with Crippen LogP contribution in [-0.4, -0.2) is 79.3 Å². The van der Waals surface area contributed by atoms with Crippen molar-refractivity contribution < 1.29 is 18.7 Å². The summed E-state index contributed by atoms with van der Waals surface area (Å²) in [6.07, 6.45) is 3.90. The van der Waals surface area contributed by atoms with Gasteiger partial charge in [-0.05, 0) is 69.9 Å². The topological polar surface area (TPSA) is 77.5 Å². The summed E-state index contributed by atoms with van der Waals surface area (Å²) in [5, 5.41) is 2.47. The molecule has 1 aromatic rings. The van der Waals surface area contributed by atoms with Crippen LogP contribution in [0, 0.1) is 5.82 Å². The highest BCUT2D eigenvalue weighted by atomic mass is 35.5. The van der Waals surface area contributed by atoms with Gasteiger partial charge in [0.1, 0.15) is 11.6 Å². The number of ether oxygens (including phenoxy) is 1. The number of hydrazine groups is 1. The molecule has 2 amide bonds. The Hall–Kier alpha value is -1.85. The molecule has 1 saturated heterocycles. The molecule has 0 atom stereocenters. The second-order valence-corrected chi connectivity index (χ2v) is 8.71. The van der Waals surface area contributed by atoms with Crippen molar-refractivity contribution in [1.29, 1.82) is 0 Å². The van der Waals surface area contributed by atoms with Crippen molar-refractivity contribution in [2.45, 2.75) is 19.3 Å². The van der Waals surface area contributed by atoms with Crippen LogP contribution in [0.15, 0.2) is 28.1 Å². The third kappa shape index (κ3) is 8.46. The van der Waals surface area contributed by atoms with E-state index in [1.54, 1.807) is 13.1 Å². The van der Waals surface area contributed by atoms with Gasteiger partial charge < -0.3 is 14.5 Å². The molecule has 1 N–H and O–H groups in total. The molecular formula is C21H30Cl2FN5O3S. The van der Waals surface area contributed by atoms with Crippen molar-refractivity contribution in [3.05, 3.63) is 34.5 Å². The Morgan fingerprint density at radius 2 is 2.03 bits per heavy atom. The fourth-order valence-electron chi connectivity index (χ4n) is 3.11. The minimum Gasteiger partial charge on any atom is -0.409 e. The first kappa shape index (κ1) is 29.2. The summed E-state index contributed by atoms with van der Waals surface area (Å²) in [6.45, 7) is 2.97. The van der Waals surface area contributed by atoms with Crippen LogP contribution in [0.25, 0.3) is 6.08 Å². The molecule has 0 saturated carbocycles. The van der Waals surface area contributed by atoms with Gasteiger partial charge in [0.25, 0.3) is 5.91 Å². The van der Waals surface area contributed by atoms with Crippen LogP contribution in [0.4, 0.5) is 9.18 Å². The van der Waals surface area contributed by atoms with Gasteiger partial charge in [-0.3, -0.25) is 9.80 Å². The van der Waals surface area contributed by atoms with Gasteiger partial charge in [0.05, 0.1) is 4.91 Å². The lowest BCUT2D eigenvalue weighted by atomic mass is 10.2. The number of nitrogens with one attached hydrogen (secondary N) is 1. The predicted octanol–water partition coefficient (Wildman–Crippen LogP) is 3.62. The third-order valence-electron chi connectivity index (χ3n) is 4.82. The molecule has 2 aliphatic rings. The lowest BCUT2D eigenvalue weighted by Gasteiger charge is -2.28. The van der Waals surface area contributed by atoms with E-state index in [-0.39, 0.29) is 36.5 Å². The minimum atomic E-state index is -0.580. The van der Waals surface area contributed by atoms with Gasteiger partial charge >= 0.3 is 6.09 Å². The lowest BCUT2D eigenvalue weighted by Crippen LogP contribution is -2.45. The van der Waals surface area contributed by atoms with Crippen LogP contribution >= 0.6 is 36.6 Å². The van der Waals surface area contributed by atoms with Gasteiger partial charge in [0.2, 0.25) is 0 Å². The first-order valence-corrected chi connectivity index (χ1v) is 11.1. The summed E-state index contributed by atoms with van der Waals surface area (Å²) < 4.78 is 19.3. The molecule has 0 bridgehead atoms. The number of aliphatic imine (C=N–C) groups is 1. The average molecular weight is 522 g/mol. The molecule has 12 heteroatoms. The molecule has 0 unspecified atom stereocenters. The number of nitrogens with zero attached hydrogens (tertiary/aromatic N) is 4. The zero-order valence-corrected chi connectivity index (χ0v) is 21.3. The van der Waals surface area contributed by atoms with Crippen LogP contribution in [0.2, 0.25) is 0 Å². The van der Waals surface area contributed by atoms with Crippen LogP contribution in [-0.2, 0) is 4.79 Å². The average Bonchev–Trinajstić information content (AvgIpc) is 3.10. The summed E-state index contributed by atoms with van der Waals surface area (Å²) in [4.78, 5) is 32.8. The molecule has 8 nitrogen and oxygen atoms in total. The number of rotatable bonds is 6. The van der Waals surface area contributed by atoms with Crippen LogP contribution in [0.1, 0.15) is 24.8 Å². The molecule has 1 aromatic carbocycles. The van der Waals surface area contributed by atoms with E-state index in [2.05, 4.69) is 10.4 Å². The van der Waals surface area contributed by atoms with Gasteiger partial charge in [-0.25, -0.2) is 14.6 Å². The number of benzene rings is 1. The molecule has 0 aliphatic carbocycles. The van der Waals surface area contributed by atoms with Gasteiger partial charge in [0, 0.05) is 38.3 Å². The summed E-state index contributed by atoms with van der Waals surface area (Å²) >= 11 is 1.25. The van der Waals surface area contributed by atoms with E-state index in [1.807, 2.05) is 24.0 Å². The number of hydrogen-bond acceptors (Lipinski definition) is 7. The van der Waals surface area contributed by atoms with Crippen LogP contribution in [0.3, 0.4) is 0 Å². The van der Waals surface area contributed by atoms with E-state index in [9.17, 15) is 14.0 Å². The summed E-state index contributed by atoms with van der Waals surface area (Å²) in [5.41, 5.74) is 3.66. The highest BCUT2D eigenvalue weighted by Gasteiger charge is 2.27. The number of carbonyl (C=O) groups is 2. The number of thioether (sulfide) groups is 1. The van der Waals surface area contributed by atoms with E-state index >= 15 is 0 Å². The molecule has 1 fully saturated rings. The molecule has 2 heterocycles. The van der Waals surface area contributed by atoms with Gasteiger partial charge in [0.15, 0.2) is 5.17 Å². The molecule has 184 valence electrons. The smallest absolute Gasteiger partial charge is 0.409 e. The highest BCUT2D eigenvalue weighted by Crippen LogP contribution is 2.33. The van der Waals surface area contributed by atoms with E-state index in [4.69, 9.17) is 4.74 Å². The fraction of sp³-hybridized carbons (Fsp3) is 0.476. The Bertz CT molecular complexity index is 895. The monoisotopic (exact) mass is 521 g/mol. The van der Waals surface area contributed by atoms with E-state index in [0.29, 0.717) is 22.2 Å². The van der Waals surface area contributed by atoms with E-state index < -0.39 is 11.9 Å². The Labute approximate surface area is 210 Å². The Balaban J connectivity index is 0.00000272. The molecule has 0 spiro atoms. The zero-order valence-electron chi connectivity index (χ0n) is 18.9. The van der Waals surface area contributed by atoms with Crippen molar-refractivity contribution in [3.8, 4) is 5.75 Å². The van der Waals surface area contributed by atoms with Crippen molar-refractivity contribution in [2.24, 2.45) is 4.99 Å². The Morgan fingerprint density at radius 1 is 1.27 bits per heavy atom. The lowest BCUT2D eigenvalue weighted by molar-refractivity contribution is -0.113. The third-order valence-corrected chi connectivity index (χ3v) is 5.83. The molecular weight excluding hydrogens is 492 g/mol. The maximum absolute atomic E-state index is 13.8. The first-order chi connectivity index (χ1) is 14.8. The van der Waals surface area contributed by atoms with Crippen LogP contribution < -0.4 is 10.2 Å². The van der Waals surface area contributed by atoms with Gasteiger partial charge in [-0.2, -0.15) is 4.99 Å². The summed E-state index contributed by atoms with van der Waals surface area (Å²) in [7, 11) is 5.56. The number of amides is 2. The molecule has 3 rings (SSSR count). The predicted molar refractivity (Wildman–Crippen MR) is 135 cm³/mol. The number of halogens is 3. The van der Waals surface area contributed by atoms with Crippen molar-refractivity contribution in [3.63, 3.8) is 0 Å². The summed E-state index contributed by atoms with van der Waals surface area (Å²) in [5.74, 6) is -0.829. The maximum Gasteiger partial charge on any atom is 0.414 e. The molecule has 2 aliphatic heterocycles. The maximum atomic E-state index is 13.8. The van der Waals surface area contributed by atoms with E-state index in [0.717, 1.165) is 45.0 Å². The van der Waals surface area contributed by atoms with Crippen LogP contribution in [0.5, 0.6) is 5.75 Å². The van der Waals surface area contributed by atoms with Crippen molar-refractivity contribution in [1.82, 2.24) is 20.2 Å². The minimum absolute atomic E-state index is 0. The normalized spacial score (nSPS) is 16.9. The number of hydrogen-bond donors (Lipinski definition) is 1. The second kappa shape index (κ2) is 13.8. The van der Waals surface area contributed by atoms with Crippen molar-refractivity contribution in [2.75, 3.05) is 47.3 Å². The van der Waals surface area contributed by atoms with Crippen molar-refractivity contribution >= 4 is 59.8 Å². The number of amidine groups is 1. The number of carbonyl (C=O) groups excluding carboxylic acids is 2.